The molecular weight excluding hydrogens is 200 g/mol. The average molecular weight is 212 g/mol. The predicted molar refractivity (Wildman–Crippen MR) is 51.3 cm³/mol. The minimum absolute atomic E-state index is 0.215. The summed E-state index contributed by atoms with van der Waals surface area (Å²) in [6.45, 7) is 2.79. The van der Waals surface area contributed by atoms with Crippen molar-refractivity contribution in [1.29, 1.82) is 0 Å². The zero-order valence-corrected chi connectivity index (χ0v) is 8.11. The molecule has 1 aromatic heterocycles. The van der Waals surface area contributed by atoms with E-state index in [2.05, 4.69) is 9.88 Å². The molecule has 0 bridgehead atoms. The Kier molecular flexibility index (Phi) is 2.65. The van der Waals surface area contributed by atoms with Crippen molar-refractivity contribution in [2.75, 3.05) is 19.6 Å². The summed E-state index contributed by atoms with van der Waals surface area (Å²) in [4.78, 5) is 15.6. The van der Waals surface area contributed by atoms with Crippen molar-refractivity contribution in [3.05, 3.63) is 22.5 Å². The molecule has 1 atom stereocenters. The molecule has 0 spiro atoms. The number of nitrogens with zero attached hydrogens (tertiary/aromatic N) is 4. The molecule has 1 saturated heterocycles. The molecule has 1 fully saturated rings. The Morgan fingerprint density at radius 2 is 2.33 bits per heavy atom. The van der Waals surface area contributed by atoms with Gasteiger partial charge in [-0.1, -0.05) is 4.98 Å². The van der Waals surface area contributed by atoms with Gasteiger partial charge < -0.3 is 15.2 Å². The second kappa shape index (κ2) is 3.95. The van der Waals surface area contributed by atoms with Gasteiger partial charge in [0, 0.05) is 19.6 Å². The van der Waals surface area contributed by atoms with Crippen molar-refractivity contribution >= 4 is 5.95 Å². The van der Waals surface area contributed by atoms with Crippen LogP contribution in [-0.4, -0.2) is 50.2 Å². The SMILES string of the molecule is O=[N+]([O-])c1nccn1C[C@@H](O)CN1CC1. The van der Waals surface area contributed by atoms with Gasteiger partial charge in [0.05, 0.1) is 12.6 Å². The minimum atomic E-state index is -0.583. The molecule has 1 aliphatic heterocycles. The molecule has 0 aromatic carbocycles. The highest BCUT2D eigenvalue weighted by molar-refractivity contribution is 5.06. The molecule has 0 aliphatic carbocycles. The third-order valence-electron chi connectivity index (χ3n) is 2.27. The van der Waals surface area contributed by atoms with Crippen LogP contribution < -0.4 is 0 Å². The lowest BCUT2D eigenvalue weighted by molar-refractivity contribution is -0.397. The quantitative estimate of drug-likeness (QED) is 0.403. The van der Waals surface area contributed by atoms with Crippen LogP contribution >= 0.6 is 0 Å². The Labute approximate surface area is 86.1 Å². The van der Waals surface area contributed by atoms with Gasteiger partial charge in [-0.15, -0.1) is 0 Å². The third kappa shape index (κ3) is 2.51. The highest BCUT2D eigenvalue weighted by Gasteiger charge is 2.23. The molecule has 2 rings (SSSR count). The first kappa shape index (κ1) is 10.1. The average Bonchev–Trinajstić information content (AvgIpc) is 2.82. The smallest absolute Gasteiger partial charge is 0.390 e. The summed E-state index contributed by atoms with van der Waals surface area (Å²) in [5.41, 5.74) is 0. The number of β-amino-alcohol motifs (C(OH)–C–C–N with tert-alkyl or cyclic N) is 1. The molecule has 2 heterocycles. The number of imidazole rings is 1. The first-order valence-corrected chi connectivity index (χ1v) is 4.73. The lowest BCUT2D eigenvalue weighted by Crippen LogP contribution is -2.24. The first-order chi connectivity index (χ1) is 7.16. The number of aliphatic hydroxyl groups is 1. The van der Waals surface area contributed by atoms with Crippen molar-refractivity contribution in [2.45, 2.75) is 12.6 Å². The Hall–Kier alpha value is -1.47. The summed E-state index contributed by atoms with van der Waals surface area (Å²) in [5.74, 6) is -0.222. The van der Waals surface area contributed by atoms with Gasteiger partial charge in [0.25, 0.3) is 0 Å². The van der Waals surface area contributed by atoms with Crippen LogP contribution in [0.15, 0.2) is 12.4 Å². The van der Waals surface area contributed by atoms with Crippen LogP contribution in [0.3, 0.4) is 0 Å². The van der Waals surface area contributed by atoms with Gasteiger partial charge >= 0.3 is 5.95 Å². The van der Waals surface area contributed by atoms with Crippen LogP contribution in [0.25, 0.3) is 0 Å². The molecule has 0 unspecified atom stereocenters. The maximum atomic E-state index is 10.5. The Morgan fingerprint density at radius 1 is 1.60 bits per heavy atom. The van der Waals surface area contributed by atoms with Gasteiger partial charge in [0.2, 0.25) is 0 Å². The Balaban J connectivity index is 1.96. The largest absolute Gasteiger partial charge is 0.434 e. The number of hydrogen-bond donors (Lipinski definition) is 1. The zero-order chi connectivity index (χ0) is 10.8. The third-order valence-corrected chi connectivity index (χ3v) is 2.27. The number of aromatic nitrogens is 2. The summed E-state index contributed by atoms with van der Waals surface area (Å²) in [7, 11) is 0. The second-order valence-corrected chi connectivity index (χ2v) is 3.59. The molecule has 1 aromatic rings. The van der Waals surface area contributed by atoms with Crippen molar-refractivity contribution in [3.8, 4) is 0 Å². The van der Waals surface area contributed by atoms with E-state index in [-0.39, 0.29) is 12.5 Å². The van der Waals surface area contributed by atoms with E-state index in [1.807, 2.05) is 0 Å². The van der Waals surface area contributed by atoms with E-state index in [1.165, 1.54) is 17.0 Å². The number of hydrogen-bond acceptors (Lipinski definition) is 5. The van der Waals surface area contributed by atoms with Crippen molar-refractivity contribution < 1.29 is 10.0 Å². The lowest BCUT2D eigenvalue weighted by Gasteiger charge is -2.09. The zero-order valence-electron chi connectivity index (χ0n) is 8.11. The minimum Gasteiger partial charge on any atom is -0.390 e. The van der Waals surface area contributed by atoms with E-state index in [0.717, 1.165) is 13.1 Å². The van der Waals surface area contributed by atoms with Crippen LogP contribution in [0.5, 0.6) is 0 Å². The van der Waals surface area contributed by atoms with Gasteiger partial charge in [-0.05, 0) is 4.92 Å². The summed E-state index contributed by atoms with van der Waals surface area (Å²) >= 11 is 0. The second-order valence-electron chi connectivity index (χ2n) is 3.59. The van der Waals surface area contributed by atoms with Crippen LogP contribution in [-0.2, 0) is 6.54 Å². The van der Waals surface area contributed by atoms with Crippen molar-refractivity contribution in [2.24, 2.45) is 0 Å². The normalized spacial score (nSPS) is 17.7. The number of aliphatic hydroxyl groups excluding tert-OH is 1. The molecular formula is C8H12N4O3. The molecule has 7 heteroatoms. The van der Waals surface area contributed by atoms with Gasteiger partial charge in [0.15, 0.2) is 0 Å². The molecule has 0 radical (unpaired) electrons. The Morgan fingerprint density at radius 3 is 2.93 bits per heavy atom. The fraction of sp³-hybridized carbons (Fsp3) is 0.625. The summed E-state index contributed by atoms with van der Waals surface area (Å²) < 4.78 is 1.36. The molecule has 0 saturated carbocycles. The molecule has 1 N–H and O–H groups in total. The predicted octanol–water partition coefficient (Wildman–Crippen LogP) is -0.532. The lowest BCUT2D eigenvalue weighted by atomic mass is 10.3. The van der Waals surface area contributed by atoms with E-state index in [9.17, 15) is 15.2 Å². The van der Waals surface area contributed by atoms with E-state index in [1.54, 1.807) is 0 Å². The summed E-state index contributed by atoms with van der Waals surface area (Å²) in [5, 5.41) is 20.2. The fourth-order valence-electron chi connectivity index (χ4n) is 1.45. The van der Waals surface area contributed by atoms with Gasteiger partial charge in [-0.2, -0.15) is 0 Å². The van der Waals surface area contributed by atoms with E-state index >= 15 is 0 Å². The standard InChI is InChI=1S/C8H12N4O3/c13-7(5-10-3-4-10)6-11-2-1-9-8(11)12(14)15/h1-2,7,13H,3-6H2/t7-/m0/s1. The van der Waals surface area contributed by atoms with Gasteiger partial charge in [-0.25, -0.2) is 4.57 Å². The maximum absolute atomic E-state index is 10.5. The van der Waals surface area contributed by atoms with Gasteiger partial charge in [0.1, 0.15) is 12.4 Å². The van der Waals surface area contributed by atoms with Crippen LogP contribution in [0, 0.1) is 10.1 Å². The first-order valence-electron chi connectivity index (χ1n) is 4.73. The highest BCUT2D eigenvalue weighted by atomic mass is 16.6. The topological polar surface area (TPSA) is 84.2 Å². The van der Waals surface area contributed by atoms with E-state index in [0.29, 0.717) is 6.54 Å². The summed E-state index contributed by atoms with van der Waals surface area (Å²) in [6.07, 6.45) is 2.28. The Bertz CT molecular complexity index is 361. The van der Waals surface area contributed by atoms with E-state index in [4.69, 9.17) is 0 Å². The molecule has 7 nitrogen and oxygen atoms in total. The van der Waals surface area contributed by atoms with E-state index < -0.39 is 11.0 Å². The van der Waals surface area contributed by atoms with Crippen LogP contribution in [0.4, 0.5) is 5.95 Å². The van der Waals surface area contributed by atoms with Gasteiger partial charge in [-0.3, -0.25) is 4.90 Å². The van der Waals surface area contributed by atoms with Crippen LogP contribution in [0.2, 0.25) is 0 Å². The molecule has 15 heavy (non-hydrogen) atoms. The number of nitro groups is 1. The van der Waals surface area contributed by atoms with Crippen molar-refractivity contribution in [3.63, 3.8) is 0 Å². The van der Waals surface area contributed by atoms with Crippen LogP contribution in [0.1, 0.15) is 0 Å². The molecule has 0 amide bonds. The highest BCUT2D eigenvalue weighted by Crippen LogP contribution is 2.10. The monoisotopic (exact) mass is 212 g/mol. The molecule has 1 aliphatic rings. The molecule has 82 valence electrons. The summed E-state index contributed by atoms with van der Waals surface area (Å²) in [6, 6.07) is 0. The fourth-order valence-corrected chi connectivity index (χ4v) is 1.45. The number of rotatable bonds is 5. The maximum Gasteiger partial charge on any atom is 0.434 e. The van der Waals surface area contributed by atoms with Crippen molar-refractivity contribution in [1.82, 2.24) is 14.5 Å².